The van der Waals surface area contributed by atoms with E-state index in [-0.39, 0.29) is 34.0 Å². The number of Topliss-reactive ketones (excluding diaryl/α,β-unsaturated/α-hetero) is 1. The van der Waals surface area contributed by atoms with Crippen LogP contribution in [-0.2, 0) is 22.3 Å². The Morgan fingerprint density at radius 2 is 1.83 bits per heavy atom. The number of hydrogen-bond donors (Lipinski definition) is 1. The zero-order chi connectivity index (χ0) is 25.3. The Labute approximate surface area is 203 Å². The van der Waals surface area contributed by atoms with Gasteiger partial charge in [-0.25, -0.2) is 0 Å². The monoisotopic (exact) mass is 502 g/mol. The maximum atomic E-state index is 13.2. The molecule has 1 fully saturated rings. The summed E-state index contributed by atoms with van der Waals surface area (Å²) in [6.07, 6.45) is -1.67. The highest BCUT2D eigenvalue weighted by Gasteiger charge is 2.46. The third-order valence-corrected chi connectivity index (χ3v) is 5.91. The average Bonchev–Trinajstić information content (AvgIpc) is 3.09. The number of methoxy groups -OCH3 is 1. The van der Waals surface area contributed by atoms with Crippen LogP contribution in [-0.4, -0.2) is 33.8 Å². The van der Waals surface area contributed by atoms with Gasteiger partial charge in [0.15, 0.2) is 0 Å². The van der Waals surface area contributed by atoms with Crippen molar-refractivity contribution >= 4 is 29.1 Å². The number of alkyl halides is 3. The van der Waals surface area contributed by atoms with Crippen molar-refractivity contribution < 1.29 is 32.6 Å². The number of carbonyl (C=O) groups is 2. The van der Waals surface area contributed by atoms with Crippen molar-refractivity contribution in [3.8, 4) is 5.75 Å². The van der Waals surface area contributed by atoms with E-state index < -0.39 is 35.2 Å². The van der Waals surface area contributed by atoms with Crippen molar-refractivity contribution in [2.75, 3.05) is 7.11 Å². The van der Waals surface area contributed by atoms with Gasteiger partial charge in [-0.15, -0.1) is 0 Å². The van der Waals surface area contributed by atoms with Crippen molar-refractivity contribution in [1.82, 2.24) is 9.88 Å². The molecule has 2 aromatic carbocycles. The summed E-state index contributed by atoms with van der Waals surface area (Å²) in [5.41, 5.74) is -0.275. The second-order valence-corrected chi connectivity index (χ2v) is 8.16. The van der Waals surface area contributed by atoms with E-state index in [0.29, 0.717) is 5.56 Å². The largest absolute Gasteiger partial charge is 0.507 e. The summed E-state index contributed by atoms with van der Waals surface area (Å²) in [6.45, 7) is -0.289. The van der Waals surface area contributed by atoms with E-state index in [1.54, 1.807) is 12.1 Å². The lowest BCUT2D eigenvalue weighted by atomic mass is 9.95. The number of aliphatic hydroxyl groups excluding tert-OH is 1. The molecule has 0 bridgehead atoms. The number of carbonyl (C=O) groups excluding carboxylic acids is 2. The second-order valence-electron chi connectivity index (χ2n) is 7.76. The molecule has 10 heteroatoms. The van der Waals surface area contributed by atoms with E-state index in [9.17, 15) is 27.9 Å². The first-order valence-corrected chi connectivity index (χ1v) is 10.7. The predicted octanol–water partition coefficient (Wildman–Crippen LogP) is 5.38. The van der Waals surface area contributed by atoms with Gasteiger partial charge in [0.25, 0.3) is 11.7 Å². The smallest absolute Gasteiger partial charge is 0.416 e. The molecule has 1 aliphatic rings. The Hall–Kier alpha value is -3.85. The number of aliphatic hydroxyl groups is 1. The topological polar surface area (TPSA) is 79.7 Å². The number of aromatic nitrogens is 1. The molecule has 2 heterocycles. The number of nitrogens with zero attached hydrogens (tertiary/aromatic N) is 2. The highest BCUT2D eigenvalue weighted by atomic mass is 35.5. The molecule has 35 heavy (non-hydrogen) atoms. The van der Waals surface area contributed by atoms with Gasteiger partial charge in [-0.2, -0.15) is 13.2 Å². The van der Waals surface area contributed by atoms with E-state index in [1.807, 2.05) is 0 Å². The molecule has 180 valence electrons. The lowest BCUT2D eigenvalue weighted by Gasteiger charge is -2.25. The molecule has 6 nitrogen and oxygen atoms in total. The number of ether oxygens (including phenoxy) is 1. The molecular weight excluding hydrogens is 485 g/mol. The van der Waals surface area contributed by atoms with Crippen molar-refractivity contribution in [3.63, 3.8) is 0 Å². The van der Waals surface area contributed by atoms with Gasteiger partial charge >= 0.3 is 6.18 Å². The second kappa shape index (κ2) is 9.42. The molecular formula is C25H18ClF3N2O4. The molecule has 1 unspecified atom stereocenters. The molecule has 1 atom stereocenters. The molecule has 0 radical (unpaired) electrons. The van der Waals surface area contributed by atoms with Crippen molar-refractivity contribution in [1.29, 1.82) is 0 Å². The summed E-state index contributed by atoms with van der Waals surface area (Å²) in [5, 5.41) is 11.4. The maximum absolute atomic E-state index is 13.2. The first-order chi connectivity index (χ1) is 16.6. The fraction of sp³-hybridized carbons (Fsp3) is 0.160. The maximum Gasteiger partial charge on any atom is 0.416 e. The molecule has 0 spiro atoms. The van der Waals surface area contributed by atoms with Crippen LogP contribution < -0.4 is 4.74 Å². The minimum absolute atomic E-state index is 0.175. The Balaban J connectivity index is 1.84. The zero-order valence-corrected chi connectivity index (χ0v) is 19.0. The third-order valence-electron chi connectivity index (χ3n) is 5.59. The van der Waals surface area contributed by atoms with E-state index in [1.165, 1.54) is 49.8 Å². The number of halogens is 4. The van der Waals surface area contributed by atoms with E-state index in [4.69, 9.17) is 16.3 Å². The molecule has 0 aliphatic carbocycles. The average molecular weight is 503 g/mol. The molecule has 3 aromatic rings. The number of benzene rings is 2. The molecule has 1 saturated heterocycles. The minimum atomic E-state index is -4.57. The molecule has 1 aliphatic heterocycles. The molecule has 1 aromatic heterocycles. The van der Waals surface area contributed by atoms with Crippen LogP contribution >= 0.6 is 11.6 Å². The summed E-state index contributed by atoms with van der Waals surface area (Å²) in [6, 6.07) is 10.9. The van der Waals surface area contributed by atoms with Crippen molar-refractivity contribution in [2.24, 2.45) is 0 Å². The van der Waals surface area contributed by atoms with E-state index >= 15 is 0 Å². The molecule has 4 rings (SSSR count). The van der Waals surface area contributed by atoms with Crippen molar-refractivity contribution in [2.45, 2.75) is 18.8 Å². The Bertz CT molecular complexity index is 1330. The third kappa shape index (κ3) is 4.72. The fourth-order valence-electron chi connectivity index (χ4n) is 3.94. The summed E-state index contributed by atoms with van der Waals surface area (Å²) in [4.78, 5) is 31.2. The number of amides is 1. The number of hydrogen-bond acceptors (Lipinski definition) is 5. The van der Waals surface area contributed by atoms with Crippen molar-refractivity contribution in [3.05, 3.63) is 99.8 Å². The van der Waals surface area contributed by atoms with Crippen LogP contribution in [0, 0.1) is 0 Å². The van der Waals surface area contributed by atoms with Gasteiger partial charge in [0, 0.05) is 24.5 Å². The zero-order valence-electron chi connectivity index (χ0n) is 18.2. The van der Waals surface area contributed by atoms with Gasteiger partial charge < -0.3 is 14.7 Å². The number of rotatable bonds is 5. The van der Waals surface area contributed by atoms with Crippen LogP contribution in [0.1, 0.15) is 28.3 Å². The Morgan fingerprint density at radius 1 is 1.11 bits per heavy atom. The van der Waals surface area contributed by atoms with Gasteiger partial charge in [-0.05, 0) is 53.6 Å². The summed E-state index contributed by atoms with van der Waals surface area (Å²) in [7, 11) is 1.38. The first kappa shape index (κ1) is 24.3. The summed E-state index contributed by atoms with van der Waals surface area (Å²) in [5.74, 6) is -2.14. The fourth-order valence-corrected chi connectivity index (χ4v) is 4.14. The quantitative estimate of drug-likeness (QED) is 0.288. The standard InChI is InChI=1S/C25H18ClF3N2O4/c1-35-19-12-16(5-6-18(19)26)22(32)20-21(15-7-9-30-10-8-15)31(24(34)23(20)33)13-14-3-2-4-17(11-14)25(27,28)29/h2-12,21,32H,13H2,1H3/b22-20+. The number of ketones is 1. The van der Waals surface area contributed by atoms with Crippen LogP contribution in [0.3, 0.4) is 0 Å². The minimum Gasteiger partial charge on any atom is -0.507 e. The molecule has 0 saturated carbocycles. The highest BCUT2D eigenvalue weighted by Crippen LogP contribution is 2.41. The van der Waals surface area contributed by atoms with Crippen LogP contribution in [0.15, 0.2) is 72.6 Å². The molecule has 1 amide bonds. The van der Waals surface area contributed by atoms with Crippen LogP contribution in [0.25, 0.3) is 5.76 Å². The normalized spacial score (nSPS) is 17.6. The summed E-state index contributed by atoms with van der Waals surface area (Å²) < 4.78 is 44.8. The Kier molecular flexibility index (Phi) is 6.53. The Morgan fingerprint density at radius 3 is 2.49 bits per heavy atom. The van der Waals surface area contributed by atoms with Crippen LogP contribution in [0.4, 0.5) is 13.2 Å². The van der Waals surface area contributed by atoms with E-state index in [0.717, 1.165) is 17.0 Å². The number of pyridine rings is 1. The molecule has 1 N–H and O–H groups in total. The van der Waals surface area contributed by atoms with Gasteiger partial charge in [-0.3, -0.25) is 14.6 Å². The highest BCUT2D eigenvalue weighted by molar-refractivity contribution is 6.46. The lowest BCUT2D eigenvalue weighted by Crippen LogP contribution is -2.29. The van der Waals surface area contributed by atoms with Gasteiger partial charge in [0.2, 0.25) is 0 Å². The summed E-state index contributed by atoms with van der Waals surface area (Å²) >= 11 is 6.06. The van der Waals surface area contributed by atoms with Gasteiger partial charge in [0.1, 0.15) is 11.5 Å². The van der Waals surface area contributed by atoms with Gasteiger partial charge in [-0.1, -0.05) is 23.7 Å². The lowest BCUT2D eigenvalue weighted by molar-refractivity contribution is -0.140. The SMILES string of the molecule is COc1cc(/C(O)=C2\C(=O)C(=O)N(Cc3cccc(C(F)(F)F)c3)C2c2ccncc2)ccc1Cl. The predicted molar refractivity (Wildman–Crippen MR) is 122 cm³/mol. The van der Waals surface area contributed by atoms with Crippen LogP contribution in [0.2, 0.25) is 5.02 Å². The number of likely N-dealkylation sites (tertiary alicyclic amines) is 1. The van der Waals surface area contributed by atoms with E-state index in [2.05, 4.69) is 4.98 Å². The van der Waals surface area contributed by atoms with Gasteiger partial charge in [0.05, 0.1) is 29.3 Å². The first-order valence-electron chi connectivity index (χ1n) is 10.3. The van der Waals surface area contributed by atoms with Crippen LogP contribution in [0.5, 0.6) is 5.75 Å².